The number of hydrogen-bond acceptors (Lipinski definition) is 5. The highest BCUT2D eigenvalue weighted by molar-refractivity contribution is 9.10. The molecule has 0 unspecified atom stereocenters. The van der Waals surface area contributed by atoms with Crippen LogP contribution in [0.25, 0.3) is 0 Å². The van der Waals surface area contributed by atoms with Gasteiger partial charge in [0.25, 0.3) is 0 Å². The van der Waals surface area contributed by atoms with E-state index in [1.165, 1.54) is 12.1 Å². The van der Waals surface area contributed by atoms with Crippen LogP contribution in [0.15, 0.2) is 33.6 Å². The molecule has 1 aromatic carbocycles. The van der Waals surface area contributed by atoms with Gasteiger partial charge in [0, 0.05) is 16.4 Å². The smallest absolute Gasteiger partial charge is 0.307 e. The molecular formula is C15H20BrNO5S. The maximum atomic E-state index is 12.0. The minimum atomic E-state index is -3.67. The number of ketones is 1. The standard InChI is InChI=1S/C15H20BrNO5S/c1-15(2,3)13(18)10-22-14(19)8-9-17-23(20,21)12-6-4-11(16)5-7-12/h4-7,17H,8-10H2,1-3H3. The summed E-state index contributed by atoms with van der Waals surface area (Å²) in [5.41, 5.74) is -0.580. The molecule has 0 heterocycles. The van der Waals surface area contributed by atoms with Gasteiger partial charge in [-0.15, -0.1) is 0 Å². The normalized spacial score (nSPS) is 12.0. The first-order valence-electron chi connectivity index (χ1n) is 6.96. The Labute approximate surface area is 144 Å². The lowest BCUT2D eigenvalue weighted by Crippen LogP contribution is -2.29. The van der Waals surface area contributed by atoms with Crippen LogP contribution >= 0.6 is 15.9 Å². The Hall–Kier alpha value is -1.25. The van der Waals surface area contributed by atoms with Gasteiger partial charge in [0.15, 0.2) is 12.4 Å². The zero-order valence-electron chi connectivity index (χ0n) is 13.3. The number of benzene rings is 1. The fourth-order valence-corrected chi connectivity index (χ4v) is 2.72. The molecule has 0 saturated heterocycles. The van der Waals surface area contributed by atoms with Gasteiger partial charge in [-0.2, -0.15) is 0 Å². The Bertz CT molecular complexity index is 662. The van der Waals surface area contributed by atoms with Crippen LogP contribution in [0.5, 0.6) is 0 Å². The van der Waals surface area contributed by atoms with Crippen molar-refractivity contribution in [3.63, 3.8) is 0 Å². The average molecular weight is 406 g/mol. The van der Waals surface area contributed by atoms with Crippen molar-refractivity contribution in [1.29, 1.82) is 0 Å². The molecule has 0 amide bonds. The monoisotopic (exact) mass is 405 g/mol. The molecule has 1 rings (SSSR count). The molecule has 0 aliphatic rings. The zero-order chi connectivity index (χ0) is 17.7. The Morgan fingerprint density at radius 1 is 1.17 bits per heavy atom. The molecule has 0 spiro atoms. The van der Waals surface area contributed by atoms with Crippen molar-refractivity contribution >= 4 is 37.7 Å². The molecule has 0 aliphatic carbocycles. The topological polar surface area (TPSA) is 89.5 Å². The maximum absolute atomic E-state index is 12.0. The lowest BCUT2D eigenvalue weighted by Gasteiger charge is -2.16. The minimum absolute atomic E-state index is 0.0963. The Morgan fingerprint density at radius 2 is 1.74 bits per heavy atom. The Kier molecular flexibility index (Phi) is 6.91. The number of rotatable bonds is 7. The fourth-order valence-electron chi connectivity index (χ4n) is 1.42. The molecule has 6 nitrogen and oxygen atoms in total. The quantitative estimate of drug-likeness (QED) is 0.702. The van der Waals surface area contributed by atoms with E-state index in [4.69, 9.17) is 4.74 Å². The summed E-state index contributed by atoms with van der Waals surface area (Å²) in [6, 6.07) is 6.13. The molecule has 0 bridgehead atoms. The van der Waals surface area contributed by atoms with Crippen LogP contribution in [0.3, 0.4) is 0 Å². The van der Waals surface area contributed by atoms with E-state index in [2.05, 4.69) is 20.7 Å². The van der Waals surface area contributed by atoms with Gasteiger partial charge in [-0.05, 0) is 24.3 Å². The number of esters is 1. The predicted molar refractivity (Wildman–Crippen MR) is 89.4 cm³/mol. The maximum Gasteiger partial charge on any atom is 0.307 e. The third-order valence-corrected chi connectivity index (χ3v) is 4.95. The van der Waals surface area contributed by atoms with Crippen LogP contribution in [0.1, 0.15) is 27.2 Å². The lowest BCUT2D eigenvalue weighted by atomic mass is 9.91. The number of Topliss-reactive ketones (excluding diaryl/α,β-unsaturated/α-hetero) is 1. The molecule has 128 valence electrons. The van der Waals surface area contributed by atoms with Crippen molar-refractivity contribution in [3.05, 3.63) is 28.7 Å². The summed E-state index contributed by atoms with van der Waals surface area (Å²) in [5.74, 6) is -0.817. The second kappa shape index (κ2) is 8.03. The van der Waals surface area contributed by atoms with Crippen LogP contribution in [-0.4, -0.2) is 33.3 Å². The predicted octanol–water partition coefficient (Wildman–Crippen LogP) is 2.28. The fraction of sp³-hybridized carbons (Fsp3) is 0.467. The Morgan fingerprint density at radius 3 is 2.26 bits per heavy atom. The third-order valence-electron chi connectivity index (χ3n) is 2.95. The van der Waals surface area contributed by atoms with E-state index in [0.717, 1.165) is 4.47 Å². The number of nitrogens with one attached hydrogen (secondary N) is 1. The van der Waals surface area contributed by atoms with E-state index in [1.54, 1.807) is 32.9 Å². The molecule has 0 saturated carbocycles. The molecule has 0 aliphatic heterocycles. The summed E-state index contributed by atoms with van der Waals surface area (Å²) in [4.78, 5) is 23.3. The summed E-state index contributed by atoms with van der Waals surface area (Å²) in [7, 11) is -3.67. The number of carbonyl (C=O) groups is 2. The summed E-state index contributed by atoms with van der Waals surface area (Å²) in [5, 5.41) is 0. The summed E-state index contributed by atoms with van der Waals surface area (Å²) in [6.07, 6.45) is -0.146. The van der Waals surface area contributed by atoms with Crippen molar-refractivity contribution < 1.29 is 22.7 Å². The summed E-state index contributed by atoms with van der Waals surface area (Å²) >= 11 is 3.22. The molecule has 0 fully saturated rings. The van der Waals surface area contributed by atoms with E-state index in [9.17, 15) is 18.0 Å². The van der Waals surface area contributed by atoms with Crippen LogP contribution in [0.4, 0.5) is 0 Å². The van der Waals surface area contributed by atoms with Gasteiger partial charge in [0.1, 0.15) is 0 Å². The second-order valence-electron chi connectivity index (χ2n) is 5.94. The largest absolute Gasteiger partial charge is 0.458 e. The van der Waals surface area contributed by atoms with E-state index >= 15 is 0 Å². The summed E-state index contributed by atoms with van der Waals surface area (Å²) < 4.78 is 31.9. The number of ether oxygens (including phenoxy) is 1. The highest BCUT2D eigenvalue weighted by Crippen LogP contribution is 2.15. The first-order chi connectivity index (χ1) is 10.5. The number of sulfonamides is 1. The summed E-state index contributed by atoms with van der Waals surface area (Å²) in [6.45, 7) is 4.79. The van der Waals surface area contributed by atoms with Crippen molar-refractivity contribution in [3.8, 4) is 0 Å². The van der Waals surface area contributed by atoms with Crippen LogP contribution in [-0.2, 0) is 24.3 Å². The van der Waals surface area contributed by atoms with Gasteiger partial charge < -0.3 is 4.74 Å². The SMILES string of the molecule is CC(C)(C)C(=O)COC(=O)CCNS(=O)(=O)c1ccc(Br)cc1. The molecule has 1 N–H and O–H groups in total. The van der Waals surface area contributed by atoms with Crippen LogP contribution < -0.4 is 4.72 Å². The third kappa shape index (κ3) is 6.80. The molecule has 23 heavy (non-hydrogen) atoms. The van der Waals surface area contributed by atoms with Crippen molar-refractivity contribution in [2.24, 2.45) is 5.41 Å². The molecule has 1 aromatic rings. The zero-order valence-corrected chi connectivity index (χ0v) is 15.7. The molecule has 0 atom stereocenters. The minimum Gasteiger partial charge on any atom is -0.458 e. The van der Waals surface area contributed by atoms with Gasteiger partial charge in [0.05, 0.1) is 11.3 Å². The molecular weight excluding hydrogens is 386 g/mol. The van der Waals surface area contributed by atoms with E-state index in [-0.39, 0.29) is 30.3 Å². The first kappa shape index (κ1) is 19.8. The van der Waals surface area contributed by atoms with Crippen LogP contribution in [0, 0.1) is 5.41 Å². The van der Waals surface area contributed by atoms with Gasteiger partial charge >= 0.3 is 5.97 Å². The molecule has 0 aromatic heterocycles. The van der Waals surface area contributed by atoms with Crippen molar-refractivity contribution in [1.82, 2.24) is 4.72 Å². The van der Waals surface area contributed by atoms with Crippen molar-refractivity contribution in [2.75, 3.05) is 13.2 Å². The van der Waals surface area contributed by atoms with E-state index < -0.39 is 21.4 Å². The highest BCUT2D eigenvalue weighted by atomic mass is 79.9. The molecule has 8 heteroatoms. The van der Waals surface area contributed by atoms with Gasteiger partial charge in [-0.25, -0.2) is 13.1 Å². The van der Waals surface area contributed by atoms with Crippen molar-refractivity contribution in [2.45, 2.75) is 32.1 Å². The number of carbonyl (C=O) groups excluding carboxylic acids is 2. The lowest BCUT2D eigenvalue weighted by molar-refractivity contribution is -0.149. The second-order valence-corrected chi connectivity index (χ2v) is 8.62. The molecule has 0 radical (unpaired) electrons. The van der Waals surface area contributed by atoms with Crippen LogP contribution in [0.2, 0.25) is 0 Å². The van der Waals surface area contributed by atoms with Gasteiger partial charge in [-0.3, -0.25) is 9.59 Å². The Balaban J connectivity index is 2.42. The average Bonchev–Trinajstić information content (AvgIpc) is 2.44. The highest BCUT2D eigenvalue weighted by Gasteiger charge is 2.22. The van der Waals surface area contributed by atoms with E-state index in [0.29, 0.717) is 0 Å². The van der Waals surface area contributed by atoms with E-state index in [1.807, 2.05) is 0 Å². The number of halogens is 1. The van der Waals surface area contributed by atoms with Gasteiger partial charge in [-0.1, -0.05) is 36.7 Å². The number of hydrogen-bond donors (Lipinski definition) is 1. The first-order valence-corrected chi connectivity index (χ1v) is 9.24. The van der Waals surface area contributed by atoms with Gasteiger partial charge in [0.2, 0.25) is 10.0 Å².